The summed E-state index contributed by atoms with van der Waals surface area (Å²) in [5.41, 5.74) is 0.881. The number of aryl methyl sites for hydroxylation is 2. The predicted molar refractivity (Wildman–Crippen MR) is 182 cm³/mol. The van der Waals surface area contributed by atoms with E-state index in [1.165, 1.54) is 60.0 Å². The van der Waals surface area contributed by atoms with Crippen molar-refractivity contribution >= 4 is 33.3 Å². The lowest BCUT2D eigenvalue weighted by Crippen LogP contribution is -2.48. The molecule has 3 N–H and O–H groups in total. The Balaban J connectivity index is 1.63. The molecule has 1 aromatic heterocycles. The summed E-state index contributed by atoms with van der Waals surface area (Å²) in [6, 6.07) is 8.92. The number of urea groups is 1. The highest BCUT2D eigenvalue weighted by Gasteiger charge is 2.32. The number of carbonyl (C=O) groups is 2. The van der Waals surface area contributed by atoms with Gasteiger partial charge in [0.15, 0.2) is 10.7 Å². The number of sulfonamides is 1. The van der Waals surface area contributed by atoms with Gasteiger partial charge in [-0.25, -0.2) is 17.6 Å². The summed E-state index contributed by atoms with van der Waals surface area (Å²) in [6.45, 7) is 8.94. The molecule has 0 unspecified atom stereocenters. The number of halogens is 1. The highest BCUT2D eigenvalue weighted by Crippen LogP contribution is 2.30. The van der Waals surface area contributed by atoms with Crippen LogP contribution in [0.25, 0.3) is 0 Å². The molecule has 3 aromatic rings. The normalized spacial score (nSPS) is 20.0. The molecule has 49 heavy (non-hydrogen) atoms. The third kappa shape index (κ3) is 9.70. The minimum atomic E-state index is -4.11. The minimum Gasteiger partial charge on any atom is -0.490 e. The van der Waals surface area contributed by atoms with Crippen molar-refractivity contribution in [3.05, 3.63) is 65.3 Å². The van der Waals surface area contributed by atoms with Crippen LogP contribution in [-0.4, -0.2) is 92.0 Å². The Morgan fingerprint density at radius 3 is 2.49 bits per heavy atom. The van der Waals surface area contributed by atoms with Crippen LogP contribution in [0.15, 0.2) is 51.9 Å². The monoisotopic (exact) mass is 703 g/mol. The lowest BCUT2D eigenvalue weighted by Gasteiger charge is -2.35. The molecule has 2 aromatic carbocycles. The number of anilines is 2. The molecule has 0 spiro atoms. The zero-order chi connectivity index (χ0) is 35.9. The Bertz CT molecular complexity index is 1680. The number of benzene rings is 2. The topological polar surface area (TPSA) is 164 Å². The number of aromatic nitrogens is 1. The molecule has 15 heteroatoms. The number of fused-ring (bicyclic) bond motifs is 1. The number of carbonyl (C=O) groups excluding carboxylic acids is 2. The molecule has 0 fully saturated rings. The Labute approximate surface area is 286 Å². The minimum absolute atomic E-state index is 0.0875. The number of hydrogen-bond acceptors (Lipinski definition) is 9. The third-order valence-corrected chi connectivity index (χ3v) is 10.1. The highest BCUT2D eigenvalue weighted by atomic mass is 32.2. The van der Waals surface area contributed by atoms with Crippen LogP contribution >= 0.6 is 0 Å². The molecule has 4 rings (SSSR count). The molecule has 1 aliphatic heterocycles. The number of hydrogen-bond donors (Lipinski definition) is 3. The van der Waals surface area contributed by atoms with Gasteiger partial charge in [-0.2, -0.15) is 0 Å². The van der Waals surface area contributed by atoms with Gasteiger partial charge in [0.2, 0.25) is 0 Å². The smallest absolute Gasteiger partial charge is 0.321 e. The number of amides is 3. The van der Waals surface area contributed by atoms with Crippen molar-refractivity contribution in [2.45, 2.75) is 77.0 Å². The first kappa shape index (κ1) is 37.6. The van der Waals surface area contributed by atoms with E-state index in [1.54, 1.807) is 20.0 Å². The molecule has 13 nitrogen and oxygen atoms in total. The second-order valence-electron chi connectivity index (χ2n) is 12.6. The van der Waals surface area contributed by atoms with Crippen molar-refractivity contribution in [2.24, 2.45) is 5.92 Å². The van der Waals surface area contributed by atoms with Gasteiger partial charge < -0.3 is 34.2 Å². The van der Waals surface area contributed by atoms with Crippen LogP contribution in [0.3, 0.4) is 0 Å². The van der Waals surface area contributed by atoms with E-state index in [-0.39, 0.29) is 65.1 Å². The van der Waals surface area contributed by atoms with Crippen LogP contribution in [0.4, 0.5) is 20.6 Å². The fourth-order valence-corrected chi connectivity index (χ4v) is 7.00. The number of aliphatic hydroxyl groups excluding tert-OH is 1. The summed E-state index contributed by atoms with van der Waals surface area (Å²) >= 11 is 0. The molecule has 4 atom stereocenters. The summed E-state index contributed by atoms with van der Waals surface area (Å²) in [5, 5.41) is 16.7. The van der Waals surface area contributed by atoms with Crippen LogP contribution in [0.1, 0.15) is 61.8 Å². The molecule has 0 bridgehead atoms. The van der Waals surface area contributed by atoms with E-state index in [1.807, 2.05) is 13.8 Å². The fourth-order valence-electron chi connectivity index (χ4n) is 5.62. The standard InChI is InChI=1S/C34H46FN5O8S/c1-21-18-40(22(2)20-41)33(42)29-17-28(38-49(44,45)32-24(4)37-48-25(32)5)14-15-30(29)47-23(3)9-7-8-16-46-31(21)19-39(6)34(43)36-27-12-10-26(35)11-13-27/h10-15,17,21-23,31,38,41H,7-9,16,18-20H2,1-6H3,(H,36,43)/t21-,22+,23+,31-/m0/s1. The first-order chi connectivity index (χ1) is 23.2. The van der Waals surface area contributed by atoms with Crippen molar-refractivity contribution in [3.63, 3.8) is 0 Å². The van der Waals surface area contributed by atoms with Gasteiger partial charge in [0, 0.05) is 44.0 Å². The molecule has 0 saturated heterocycles. The summed E-state index contributed by atoms with van der Waals surface area (Å²) in [4.78, 5) is 30.3. The Hall–Kier alpha value is -4.21. The zero-order valence-electron chi connectivity index (χ0n) is 28.7. The number of aliphatic hydroxyl groups is 1. The maximum Gasteiger partial charge on any atom is 0.321 e. The number of likely N-dealkylation sites (N-methyl/N-ethyl adjacent to an activating group) is 1. The Morgan fingerprint density at radius 1 is 1.14 bits per heavy atom. The van der Waals surface area contributed by atoms with Gasteiger partial charge in [-0.3, -0.25) is 9.52 Å². The van der Waals surface area contributed by atoms with Crippen molar-refractivity contribution in [1.82, 2.24) is 15.0 Å². The van der Waals surface area contributed by atoms with Crippen LogP contribution in [-0.2, 0) is 14.8 Å². The Kier molecular flexibility index (Phi) is 12.6. The molecule has 0 radical (unpaired) electrons. The second-order valence-corrected chi connectivity index (χ2v) is 14.2. The van der Waals surface area contributed by atoms with Gasteiger partial charge in [-0.05, 0) is 89.4 Å². The zero-order valence-corrected chi connectivity index (χ0v) is 29.5. The molecule has 2 heterocycles. The number of rotatable bonds is 8. The number of nitrogens with zero attached hydrogens (tertiary/aromatic N) is 3. The maximum atomic E-state index is 14.4. The Morgan fingerprint density at radius 2 is 1.84 bits per heavy atom. The summed E-state index contributed by atoms with van der Waals surface area (Å²) in [6.07, 6.45) is 1.39. The molecular weight excluding hydrogens is 657 g/mol. The van der Waals surface area contributed by atoms with Crippen LogP contribution < -0.4 is 14.8 Å². The molecule has 3 amide bonds. The van der Waals surface area contributed by atoms with Crippen molar-refractivity contribution < 1.29 is 41.5 Å². The van der Waals surface area contributed by atoms with E-state index in [0.717, 1.165) is 12.8 Å². The van der Waals surface area contributed by atoms with E-state index in [0.29, 0.717) is 18.7 Å². The first-order valence-corrected chi connectivity index (χ1v) is 17.8. The summed E-state index contributed by atoms with van der Waals surface area (Å²) < 4.78 is 60.1. The van der Waals surface area contributed by atoms with Crippen LogP contribution in [0, 0.1) is 25.6 Å². The maximum absolute atomic E-state index is 14.4. The third-order valence-electron chi connectivity index (χ3n) is 8.44. The number of nitrogens with one attached hydrogen (secondary N) is 2. The molecular formula is C34H46FN5O8S. The lowest BCUT2D eigenvalue weighted by atomic mass is 10.0. The van der Waals surface area contributed by atoms with Gasteiger partial charge >= 0.3 is 6.03 Å². The highest BCUT2D eigenvalue weighted by molar-refractivity contribution is 7.92. The van der Waals surface area contributed by atoms with Gasteiger partial charge in [0.1, 0.15) is 17.3 Å². The summed E-state index contributed by atoms with van der Waals surface area (Å²) in [7, 11) is -2.48. The van der Waals surface area contributed by atoms with Gasteiger partial charge in [0.25, 0.3) is 15.9 Å². The van der Waals surface area contributed by atoms with E-state index >= 15 is 0 Å². The van der Waals surface area contributed by atoms with E-state index in [9.17, 15) is 27.5 Å². The average Bonchev–Trinajstić information content (AvgIpc) is 3.41. The molecule has 1 aliphatic rings. The average molecular weight is 704 g/mol. The largest absolute Gasteiger partial charge is 0.490 e. The second kappa shape index (κ2) is 16.5. The molecule has 0 aliphatic carbocycles. The predicted octanol–water partition coefficient (Wildman–Crippen LogP) is 5.19. The SMILES string of the molecule is Cc1noc(C)c1S(=O)(=O)Nc1ccc2c(c1)C(=O)N([C@H](C)CO)C[C@H](C)[C@H](CN(C)C(=O)Nc1ccc(F)cc1)OCCCC[C@@H](C)O2. The van der Waals surface area contributed by atoms with Crippen molar-refractivity contribution in [3.8, 4) is 5.75 Å². The van der Waals surface area contributed by atoms with Gasteiger partial charge in [-0.1, -0.05) is 12.1 Å². The number of ether oxygens (including phenoxy) is 2. The van der Waals surface area contributed by atoms with E-state index < -0.39 is 39.9 Å². The van der Waals surface area contributed by atoms with Gasteiger partial charge in [-0.15, -0.1) is 0 Å². The first-order valence-electron chi connectivity index (χ1n) is 16.3. The van der Waals surface area contributed by atoms with Crippen LogP contribution in [0.5, 0.6) is 5.75 Å². The molecule has 0 saturated carbocycles. The van der Waals surface area contributed by atoms with E-state index in [4.69, 9.17) is 14.0 Å². The van der Waals surface area contributed by atoms with Crippen molar-refractivity contribution in [2.75, 3.05) is 43.4 Å². The quantitative estimate of drug-likeness (QED) is 0.287. The van der Waals surface area contributed by atoms with Crippen LogP contribution in [0.2, 0.25) is 0 Å². The molecule has 268 valence electrons. The van der Waals surface area contributed by atoms with Crippen molar-refractivity contribution in [1.29, 1.82) is 0 Å². The van der Waals surface area contributed by atoms with E-state index in [2.05, 4.69) is 15.2 Å². The summed E-state index contributed by atoms with van der Waals surface area (Å²) in [5.74, 6) is -0.798. The fraction of sp³-hybridized carbons (Fsp3) is 0.500. The lowest BCUT2D eigenvalue weighted by molar-refractivity contribution is -0.0115. The van der Waals surface area contributed by atoms with Gasteiger partial charge in [0.05, 0.1) is 30.4 Å².